The number of aryl methyl sites for hydroxylation is 2. The minimum Gasteiger partial charge on any atom is -0.496 e. The maximum Gasteiger partial charge on any atom is 0.243 e. The molecule has 2 rings (SSSR count). The zero-order valence-electron chi connectivity index (χ0n) is 12.6. The van der Waals surface area contributed by atoms with Gasteiger partial charge < -0.3 is 10.5 Å². The number of hydrogen-bond acceptors (Lipinski definition) is 4. The normalized spacial score (nSPS) is 17.3. The van der Waals surface area contributed by atoms with Gasteiger partial charge in [0.05, 0.1) is 12.0 Å². The van der Waals surface area contributed by atoms with E-state index >= 15 is 0 Å². The summed E-state index contributed by atoms with van der Waals surface area (Å²) >= 11 is 0. The van der Waals surface area contributed by atoms with Crippen LogP contribution < -0.4 is 10.5 Å². The maximum absolute atomic E-state index is 12.6. The summed E-state index contributed by atoms with van der Waals surface area (Å²) < 4.78 is 32.1. The van der Waals surface area contributed by atoms with Gasteiger partial charge in [-0.1, -0.05) is 0 Å². The third-order valence-corrected chi connectivity index (χ3v) is 5.65. The Morgan fingerprint density at radius 2 is 1.67 bits per heavy atom. The monoisotopic (exact) mass is 334 g/mol. The van der Waals surface area contributed by atoms with Crippen LogP contribution in [-0.2, 0) is 10.0 Å². The lowest BCUT2D eigenvalue weighted by molar-refractivity contribution is 0.320. The predicted molar refractivity (Wildman–Crippen MR) is 85.7 cm³/mol. The highest BCUT2D eigenvalue weighted by Crippen LogP contribution is 2.28. The summed E-state index contributed by atoms with van der Waals surface area (Å²) in [6.45, 7) is 4.70. The first-order valence-electron chi connectivity index (χ1n) is 6.77. The van der Waals surface area contributed by atoms with Crippen LogP contribution in [0.15, 0.2) is 17.0 Å². The molecule has 5 nitrogen and oxygen atoms in total. The van der Waals surface area contributed by atoms with Gasteiger partial charge in [0.15, 0.2) is 0 Å². The minimum absolute atomic E-state index is 0. The molecule has 1 heterocycles. The average Bonchev–Trinajstić information content (AvgIpc) is 2.38. The highest BCUT2D eigenvalue weighted by Gasteiger charge is 2.29. The highest BCUT2D eigenvalue weighted by atomic mass is 35.5. The Balaban J connectivity index is 0.00000220. The lowest BCUT2D eigenvalue weighted by Gasteiger charge is -2.29. The number of benzene rings is 1. The maximum atomic E-state index is 12.6. The van der Waals surface area contributed by atoms with Gasteiger partial charge in [0.25, 0.3) is 0 Å². The van der Waals surface area contributed by atoms with Crippen LogP contribution in [0.1, 0.15) is 24.0 Å². The summed E-state index contributed by atoms with van der Waals surface area (Å²) in [5, 5.41) is 0. The molecule has 21 heavy (non-hydrogen) atoms. The predicted octanol–water partition coefficient (Wildman–Crippen LogP) is 1.85. The van der Waals surface area contributed by atoms with Crippen LogP contribution in [0.3, 0.4) is 0 Å². The second kappa shape index (κ2) is 6.96. The average molecular weight is 335 g/mol. The molecule has 0 saturated carbocycles. The van der Waals surface area contributed by atoms with Crippen molar-refractivity contribution in [1.82, 2.24) is 4.31 Å². The van der Waals surface area contributed by atoms with Crippen LogP contribution in [0.5, 0.6) is 5.75 Å². The fraction of sp³-hybridized carbons (Fsp3) is 0.571. The largest absolute Gasteiger partial charge is 0.496 e. The van der Waals surface area contributed by atoms with Crippen LogP contribution >= 0.6 is 12.4 Å². The molecule has 1 aliphatic rings. The van der Waals surface area contributed by atoms with Crippen LogP contribution in [0, 0.1) is 13.8 Å². The molecule has 2 N–H and O–H groups in total. The molecule has 0 radical (unpaired) electrons. The first kappa shape index (κ1) is 18.2. The topological polar surface area (TPSA) is 72.6 Å². The summed E-state index contributed by atoms with van der Waals surface area (Å²) in [5.41, 5.74) is 7.49. The van der Waals surface area contributed by atoms with Crippen LogP contribution in [0.4, 0.5) is 0 Å². The third-order valence-electron chi connectivity index (χ3n) is 3.77. The van der Waals surface area contributed by atoms with E-state index < -0.39 is 10.0 Å². The number of halogens is 1. The van der Waals surface area contributed by atoms with Crippen LogP contribution in [0.25, 0.3) is 0 Å². The first-order valence-corrected chi connectivity index (χ1v) is 8.21. The van der Waals surface area contributed by atoms with E-state index in [0.29, 0.717) is 30.8 Å². The van der Waals surface area contributed by atoms with Crippen molar-refractivity contribution in [3.63, 3.8) is 0 Å². The fourth-order valence-corrected chi connectivity index (χ4v) is 4.29. The molecule has 7 heteroatoms. The van der Waals surface area contributed by atoms with E-state index in [0.717, 1.165) is 16.9 Å². The van der Waals surface area contributed by atoms with Crippen molar-refractivity contribution < 1.29 is 13.2 Å². The molecule has 0 aliphatic carbocycles. The van der Waals surface area contributed by atoms with E-state index in [-0.39, 0.29) is 18.4 Å². The molecule has 0 amide bonds. The number of rotatable bonds is 3. The molecule has 1 fully saturated rings. The fourth-order valence-electron chi connectivity index (χ4n) is 2.65. The number of methoxy groups -OCH3 is 1. The minimum atomic E-state index is -3.43. The summed E-state index contributed by atoms with van der Waals surface area (Å²) in [4.78, 5) is 0.337. The number of sulfonamides is 1. The van der Waals surface area contributed by atoms with Gasteiger partial charge in [0.2, 0.25) is 10.0 Å². The van der Waals surface area contributed by atoms with Crippen molar-refractivity contribution in [2.45, 2.75) is 37.6 Å². The van der Waals surface area contributed by atoms with Crippen molar-refractivity contribution in [3.8, 4) is 5.75 Å². The van der Waals surface area contributed by atoms with Gasteiger partial charge in [-0.15, -0.1) is 12.4 Å². The summed E-state index contributed by atoms with van der Waals surface area (Å²) in [7, 11) is -1.84. The van der Waals surface area contributed by atoms with E-state index in [4.69, 9.17) is 10.5 Å². The van der Waals surface area contributed by atoms with Crippen molar-refractivity contribution in [2.75, 3.05) is 20.2 Å². The van der Waals surface area contributed by atoms with Crippen molar-refractivity contribution in [3.05, 3.63) is 23.3 Å². The standard InChI is InChI=1S/C14H22N2O3S.ClH/c1-10-8-13(9-11(2)14(10)19-3)20(17,18)16-6-4-12(15)5-7-16;/h8-9,12H,4-7,15H2,1-3H3;1H. The summed E-state index contributed by atoms with van der Waals surface area (Å²) in [6, 6.07) is 3.46. The number of piperidine rings is 1. The van der Waals surface area contributed by atoms with Crippen LogP contribution in [0.2, 0.25) is 0 Å². The lowest BCUT2D eigenvalue weighted by Crippen LogP contribution is -2.42. The van der Waals surface area contributed by atoms with Gasteiger partial charge in [-0.2, -0.15) is 4.31 Å². The Morgan fingerprint density at radius 3 is 2.10 bits per heavy atom. The SMILES string of the molecule is COc1c(C)cc(S(=O)(=O)N2CCC(N)CC2)cc1C.Cl. The van der Waals surface area contributed by atoms with Gasteiger partial charge in [-0.05, 0) is 49.9 Å². The smallest absolute Gasteiger partial charge is 0.243 e. The molecule has 0 aromatic heterocycles. The number of ether oxygens (including phenoxy) is 1. The zero-order chi connectivity index (χ0) is 14.9. The number of nitrogens with two attached hydrogens (primary N) is 1. The van der Waals surface area contributed by atoms with Crippen molar-refractivity contribution in [1.29, 1.82) is 0 Å². The molecular weight excluding hydrogens is 312 g/mol. The van der Waals surface area contributed by atoms with E-state index in [9.17, 15) is 8.42 Å². The molecule has 0 unspecified atom stereocenters. The Morgan fingerprint density at radius 1 is 1.19 bits per heavy atom. The molecule has 1 saturated heterocycles. The van der Waals surface area contributed by atoms with Gasteiger partial charge in [-0.3, -0.25) is 0 Å². The Labute approximate surface area is 132 Å². The second-order valence-electron chi connectivity index (χ2n) is 5.33. The molecule has 0 atom stereocenters. The van der Waals surface area contributed by atoms with E-state index in [1.807, 2.05) is 13.8 Å². The van der Waals surface area contributed by atoms with E-state index in [1.54, 1.807) is 19.2 Å². The molecule has 1 aromatic rings. The quantitative estimate of drug-likeness (QED) is 0.915. The van der Waals surface area contributed by atoms with Crippen molar-refractivity contribution >= 4 is 22.4 Å². The molecule has 0 spiro atoms. The number of hydrogen-bond donors (Lipinski definition) is 1. The Kier molecular flexibility index (Phi) is 6.04. The van der Waals surface area contributed by atoms with Gasteiger partial charge >= 0.3 is 0 Å². The molecule has 120 valence electrons. The van der Waals surface area contributed by atoms with E-state index in [2.05, 4.69) is 0 Å². The summed E-state index contributed by atoms with van der Waals surface area (Å²) in [6.07, 6.45) is 1.43. The molecule has 1 aromatic carbocycles. The highest BCUT2D eigenvalue weighted by molar-refractivity contribution is 7.89. The van der Waals surface area contributed by atoms with Gasteiger partial charge in [0, 0.05) is 19.1 Å². The Hall–Kier alpha value is -0.820. The summed E-state index contributed by atoms with van der Waals surface area (Å²) in [5.74, 6) is 0.740. The lowest BCUT2D eigenvalue weighted by atomic mass is 10.1. The third kappa shape index (κ3) is 3.69. The van der Waals surface area contributed by atoms with E-state index in [1.165, 1.54) is 4.31 Å². The number of nitrogens with zero attached hydrogens (tertiary/aromatic N) is 1. The van der Waals surface area contributed by atoms with Crippen molar-refractivity contribution in [2.24, 2.45) is 5.73 Å². The zero-order valence-corrected chi connectivity index (χ0v) is 14.3. The van der Waals surface area contributed by atoms with Gasteiger partial charge in [0.1, 0.15) is 5.75 Å². The molecule has 0 bridgehead atoms. The van der Waals surface area contributed by atoms with Gasteiger partial charge in [-0.25, -0.2) is 8.42 Å². The first-order chi connectivity index (χ1) is 9.36. The molecule has 1 aliphatic heterocycles. The second-order valence-corrected chi connectivity index (χ2v) is 7.27. The Bertz CT molecular complexity index is 573. The molecular formula is C14H23ClN2O3S. The van der Waals surface area contributed by atoms with Crippen LogP contribution in [-0.4, -0.2) is 39.0 Å².